The highest BCUT2D eigenvalue weighted by atomic mass is 32.2. The van der Waals surface area contributed by atoms with Gasteiger partial charge in [-0.15, -0.1) is 0 Å². The van der Waals surface area contributed by atoms with E-state index < -0.39 is 9.84 Å². The SMILES string of the molecule is Cc1ccc(S(=O)(=O)C2=C(c3ccccc3)[C@H]3[C@@H]4C=C[C@H]([C@@H]23)[C@H]4c2ccccc2)cc1. The van der Waals surface area contributed by atoms with Crippen molar-refractivity contribution in [2.24, 2.45) is 23.7 Å². The predicted octanol–water partition coefficient (Wildman–Crippen LogP) is 6.03. The van der Waals surface area contributed by atoms with Crippen molar-refractivity contribution < 1.29 is 8.42 Å². The van der Waals surface area contributed by atoms with E-state index in [2.05, 4.69) is 48.6 Å². The highest BCUT2D eigenvalue weighted by molar-refractivity contribution is 7.95. The summed E-state index contributed by atoms with van der Waals surface area (Å²) in [4.78, 5) is 1.05. The smallest absolute Gasteiger partial charge is 0.203 e. The van der Waals surface area contributed by atoms with Crippen molar-refractivity contribution in [3.8, 4) is 0 Å². The van der Waals surface area contributed by atoms with E-state index in [9.17, 15) is 8.42 Å². The molecule has 0 N–H and O–H groups in total. The van der Waals surface area contributed by atoms with Gasteiger partial charge in [-0.25, -0.2) is 8.42 Å². The Bertz CT molecular complexity index is 1300. The van der Waals surface area contributed by atoms with Gasteiger partial charge in [0.25, 0.3) is 0 Å². The van der Waals surface area contributed by atoms with Crippen molar-refractivity contribution >= 4 is 15.4 Å². The molecular weight excluding hydrogens is 400 g/mol. The fourth-order valence-corrected chi connectivity index (χ4v) is 8.07. The molecule has 0 saturated heterocycles. The van der Waals surface area contributed by atoms with Crippen molar-refractivity contribution in [1.82, 2.24) is 0 Å². The van der Waals surface area contributed by atoms with Crippen LogP contribution in [-0.4, -0.2) is 8.42 Å². The van der Waals surface area contributed by atoms with Crippen molar-refractivity contribution in [1.29, 1.82) is 0 Å². The summed E-state index contributed by atoms with van der Waals surface area (Å²) in [6, 6.07) is 28.0. The minimum absolute atomic E-state index is 0.0571. The van der Waals surface area contributed by atoms with E-state index in [1.54, 1.807) is 12.1 Å². The lowest BCUT2D eigenvalue weighted by atomic mass is 9.66. The molecule has 31 heavy (non-hydrogen) atoms. The number of aryl methyl sites for hydroxylation is 1. The second-order valence-corrected chi connectivity index (χ2v) is 10.9. The number of rotatable bonds is 4. The largest absolute Gasteiger partial charge is 0.219 e. The molecule has 2 nitrogen and oxygen atoms in total. The van der Waals surface area contributed by atoms with Gasteiger partial charge in [0.1, 0.15) is 0 Å². The van der Waals surface area contributed by atoms with E-state index in [0.29, 0.717) is 21.6 Å². The fraction of sp³-hybridized carbons (Fsp3) is 0.214. The molecule has 0 radical (unpaired) electrons. The first kappa shape index (κ1) is 18.8. The zero-order valence-corrected chi connectivity index (χ0v) is 18.2. The second kappa shape index (κ2) is 6.80. The quantitative estimate of drug-likeness (QED) is 0.480. The first-order valence-electron chi connectivity index (χ1n) is 10.9. The van der Waals surface area contributed by atoms with Crippen molar-refractivity contribution in [3.05, 3.63) is 119 Å². The molecule has 5 atom stereocenters. The van der Waals surface area contributed by atoms with E-state index in [1.165, 1.54) is 5.56 Å². The maximum atomic E-state index is 13.9. The highest BCUT2D eigenvalue weighted by Gasteiger charge is 2.62. The Morgan fingerprint density at radius 1 is 0.645 bits per heavy atom. The third-order valence-electron chi connectivity index (χ3n) is 7.39. The summed E-state index contributed by atoms with van der Waals surface area (Å²) < 4.78 is 27.8. The Morgan fingerprint density at radius 3 is 1.87 bits per heavy atom. The van der Waals surface area contributed by atoms with Crippen molar-refractivity contribution in [2.45, 2.75) is 17.7 Å². The number of hydrogen-bond acceptors (Lipinski definition) is 2. The van der Waals surface area contributed by atoms with Crippen LogP contribution in [0.15, 0.2) is 107 Å². The molecule has 2 bridgehead atoms. The summed E-state index contributed by atoms with van der Waals surface area (Å²) in [6.07, 6.45) is 4.61. The van der Waals surface area contributed by atoms with Crippen molar-refractivity contribution in [3.63, 3.8) is 0 Å². The van der Waals surface area contributed by atoms with Gasteiger partial charge in [-0.3, -0.25) is 0 Å². The number of allylic oxidation sites excluding steroid dienone is 4. The summed E-state index contributed by atoms with van der Waals surface area (Å²) >= 11 is 0. The summed E-state index contributed by atoms with van der Waals surface area (Å²) in [5.41, 5.74) is 4.46. The van der Waals surface area contributed by atoms with Crippen LogP contribution in [0.4, 0.5) is 0 Å². The molecule has 154 valence electrons. The van der Waals surface area contributed by atoms with Gasteiger partial charge in [0.15, 0.2) is 0 Å². The standard InChI is InChI=1S/C28H24O2S/c1-18-12-14-21(15-13-18)31(29,30)28-25(20-10-6-3-7-11-20)26-22-16-17-23(27(26)28)24(22)19-8-4-2-5-9-19/h2-17,22-24,26-27H,1H3/t22-,23+,24+,26-,27-/m1/s1. The molecule has 3 aromatic rings. The molecule has 0 unspecified atom stereocenters. The van der Waals surface area contributed by atoms with E-state index in [0.717, 1.165) is 16.7 Å². The van der Waals surface area contributed by atoms with E-state index >= 15 is 0 Å². The van der Waals surface area contributed by atoms with Crippen LogP contribution in [0.1, 0.15) is 22.6 Å². The molecule has 3 aliphatic carbocycles. The molecular formula is C28H24O2S. The predicted molar refractivity (Wildman–Crippen MR) is 124 cm³/mol. The average molecular weight is 425 g/mol. The molecule has 0 aliphatic heterocycles. The minimum atomic E-state index is -3.55. The number of sulfone groups is 1. The van der Waals surface area contributed by atoms with Gasteiger partial charge in [0, 0.05) is 11.8 Å². The van der Waals surface area contributed by atoms with Gasteiger partial charge >= 0.3 is 0 Å². The summed E-state index contributed by atoms with van der Waals surface area (Å²) in [6.45, 7) is 1.98. The van der Waals surface area contributed by atoms with Crippen LogP contribution in [0.3, 0.4) is 0 Å². The highest BCUT2D eigenvalue weighted by Crippen LogP contribution is 2.69. The second-order valence-electron chi connectivity index (χ2n) is 8.99. The van der Waals surface area contributed by atoms with Gasteiger partial charge < -0.3 is 0 Å². The topological polar surface area (TPSA) is 34.1 Å². The van der Waals surface area contributed by atoms with Crippen LogP contribution in [0.25, 0.3) is 5.57 Å². The Balaban J connectivity index is 1.51. The minimum Gasteiger partial charge on any atom is -0.219 e. The molecule has 3 heteroatoms. The number of fused-ring (bicyclic) bond motifs is 5. The molecule has 0 amide bonds. The first-order valence-corrected chi connectivity index (χ1v) is 12.4. The lowest BCUT2D eigenvalue weighted by Gasteiger charge is -2.42. The Morgan fingerprint density at radius 2 is 1.23 bits per heavy atom. The van der Waals surface area contributed by atoms with Gasteiger partial charge in [-0.05, 0) is 53.5 Å². The van der Waals surface area contributed by atoms with E-state index in [-0.39, 0.29) is 17.8 Å². The monoisotopic (exact) mass is 424 g/mol. The average Bonchev–Trinajstić information content (AvgIpc) is 3.28. The molecule has 3 aromatic carbocycles. The van der Waals surface area contributed by atoms with Gasteiger partial charge in [-0.2, -0.15) is 0 Å². The van der Waals surface area contributed by atoms with Crippen LogP contribution in [0, 0.1) is 30.6 Å². The Labute approximate surface area is 183 Å². The lowest BCUT2D eigenvalue weighted by molar-refractivity contribution is 0.404. The maximum Gasteiger partial charge on any atom is 0.203 e. The summed E-state index contributed by atoms with van der Waals surface area (Å²) in [5.74, 6) is 1.25. The maximum absolute atomic E-state index is 13.9. The molecule has 3 aliphatic rings. The van der Waals surface area contributed by atoms with Crippen LogP contribution in [0.5, 0.6) is 0 Å². The molecule has 6 rings (SSSR count). The normalized spacial score (nSPS) is 28.5. The van der Waals surface area contributed by atoms with Crippen LogP contribution >= 0.6 is 0 Å². The molecule has 0 aromatic heterocycles. The van der Waals surface area contributed by atoms with Crippen LogP contribution in [-0.2, 0) is 9.84 Å². The van der Waals surface area contributed by atoms with Gasteiger partial charge in [0.2, 0.25) is 9.84 Å². The van der Waals surface area contributed by atoms with Crippen LogP contribution in [0.2, 0.25) is 0 Å². The molecule has 0 heterocycles. The van der Waals surface area contributed by atoms with Crippen LogP contribution < -0.4 is 0 Å². The molecule has 1 fully saturated rings. The fourth-order valence-electron chi connectivity index (χ4n) is 6.12. The molecule has 0 spiro atoms. The summed E-state index contributed by atoms with van der Waals surface area (Å²) in [5, 5.41) is 0. The Hall–Kier alpha value is -2.91. The van der Waals surface area contributed by atoms with E-state index in [1.807, 2.05) is 43.3 Å². The zero-order chi connectivity index (χ0) is 21.2. The summed E-state index contributed by atoms with van der Waals surface area (Å²) in [7, 11) is -3.55. The lowest BCUT2D eigenvalue weighted by Crippen LogP contribution is -2.37. The third kappa shape index (κ3) is 2.66. The zero-order valence-electron chi connectivity index (χ0n) is 17.3. The number of benzene rings is 3. The third-order valence-corrected chi connectivity index (χ3v) is 9.36. The van der Waals surface area contributed by atoms with Gasteiger partial charge in [-0.1, -0.05) is 90.5 Å². The molecule has 1 saturated carbocycles. The Kier molecular flexibility index (Phi) is 4.13. The van der Waals surface area contributed by atoms with E-state index in [4.69, 9.17) is 0 Å². The van der Waals surface area contributed by atoms with Gasteiger partial charge in [0.05, 0.1) is 9.80 Å². The van der Waals surface area contributed by atoms with Crippen molar-refractivity contribution in [2.75, 3.05) is 0 Å². The number of hydrogen-bond donors (Lipinski definition) is 0. The first-order chi connectivity index (χ1) is 15.1.